The third-order valence-electron chi connectivity index (χ3n) is 8.05. The van der Waals surface area contributed by atoms with Crippen molar-refractivity contribution in [3.63, 3.8) is 0 Å². The smallest absolute Gasteiger partial charge is 0.339 e. The number of hydrogen-bond donors (Lipinski definition) is 3. The largest absolute Gasteiger partial charge is 0.478 e. The lowest BCUT2D eigenvalue weighted by Gasteiger charge is -2.36. The van der Waals surface area contributed by atoms with Crippen molar-refractivity contribution < 1.29 is 14.7 Å². The number of amides is 1. The van der Waals surface area contributed by atoms with Gasteiger partial charge in [-0.2, -0.15) is 5.10 Å². The number of allylic oxidation sites excluding steroid dienone is 3. The monoisotopic (exact) mass is 539 g/mol. The van der Waals surface area contributed by atoms with Gasteiger partial charge in [0, 0.05) is 35.7 Å². The molecule has 2 aliphatic rings. The second-order valence-corrected chi connectivity index (χ2v) is 10.7. The van der Waals surface area contributed by atoms with Gasteiger partial charge in [0.2, 0.25) is 0 Å². The normalized spacial score (nSPS) is 21.1. The Balaban J connectivity index is 1.45. The van der Waals surface area contributed by atoms with Gasteiger partial charge in [0.05, 0.1) is 17.6 Å². The van der Waals surface area contributed by atoms with Crippen LogP contribution in [0.2, 0.25) is 0 Å². The van der Waals surface area contributed by atoms with Gasteiger partial charge in [0.25, 0.3) is 5.91 Å². The third-order valence-corrected chi connectivity index (χ3v) is 8.05. The number of nitrogens with two attached hydrogens (primary N) is 2. The number of aromatic nitrogens is 2. The van der Waals surface area contributed by atoms with Gasteiger partial charge >= 0.3 is 5.97 Å². The number of carbonyl (C=O) groups excluding carboxylic acids is 1. The zero-order chi connectivity index (χ0) is 28.2. The fraction of sp³-hybridized carbons (Fsp3) is 0.344. The Morgan fingerprint density at radius 3 is 2.65 bits per heavy atom. The molecule has 2 heterocycles. The molecule has 8 nitrogen and oxygen atoms in total. The molecule has 1 aliphatic heterocycles. The first-order valence-corrected chi connectivity index (χ1v) is 14.1. The second kappa shape index (κ2) is 11.8. The molecule has 3 unspecified atom stereocenters. The van der Waals surface area contributed by atoms with Gasteiger partial charge in [-0.3, -0.25) is 4.79 Å². The zero-order valence-electron chi connectivity index (χ0n) is 22.9. The molecule has 8 heteroatoms. The van der Waals surface area contributed by atoms with Crippen molar-refractivity contribution in [2.24, 2.45) is 17.4 Å². The summed E-state index contributed by atoms with van der Waals surface area (Å²) in [5.74, 6) is -0.951. The highest BCUT2D eigenvalue weighted by Crippen LogP contribution is 2.51. The summed E-state index contributed by atoms with van der Waals surface area (Å²) in [4.78, 5) is 27.7. The zero-order valence-corrected chi connectivity index (χ0v) is 22.9. The highest BCUT2D eigenvalue weighted by molar-refractivity contribution is 5.96. The van der Waals surface area contributed by atoms with E-state index >= 15 is 0 Å². The molecule has 1 aliphatic carbocycles. The first-order valence-electron chi connectivity index (χ1n) is 14.1. The van der Waals surface area contributed by atoms with Crippen molar-refractivity contribution in [1.82, 2.24) is 14.7 Å². The Morgan fingerprint density at radius 1 is 1.12 bits per heavy atom. The number of rotatable bonds is 9. The molecule has 3 aromatic rings. The van der Waals surface area contributed by atoms with E-state index < -0.39 is 5.97 Å². The maximum absolute atomic E-state index is 13.5. The fourth-order valence-electron chi connectivity index (χ4n) is 5.96. The van der Waals surface area contributed by atoms with Crippen LogP contribution in [0.5, 0.6) is 0 Å². The van der Waals surface area contributed by atoms with Gasteiger partial charge in [0.1, 0.15) is 5.56 Å². The molecular formula is C32H37N5O3. The number of carboxylic acid groups (broad SMARTS) is 1. The molecule has 1 saturated heterocycles. The van der Waals surface area contributed by atoms with Crippen LogP contribution in [0, 0.1) is 5.92 Å². The molecular weight excluding hydrogens is 502 g/mol. The standard InChI is InChI=1S/C32H37N5O3/c1-2-8-24-12-3-4-16-36(24)31(38)23-11-5-9-21(17-23)22-10-6-13-25(18-22)37-30(28(20-35-37)32(39)40)27-19-26(27)29(34)14-7-15-33/h5-7,9-11,13-15,17-18,20,24,26-27H,2-4,8,12,16,19,33-34H2,1H3,(H,39,40)/b15-7-,29-14-. The number of hydrogen-bond acceptors (Lipinski definition) is 5. The first-order chi connectivity index (χ1) is 19.4. The maximum Gasteiger partial charge on any atom is 0.339 e. The third kappa shape index (κ3) is 5.52. The van der Waals surface area contributed by atoms with Crippen LogP contribution in [0.1, 0.15) is 77.8 Å². The molecule has 5 N–H and O–H groups in total. The average Bonchev–Trinajstić information content (AvgIpc) is 3.65. The minimum absolute atomic E-state index is 0.0296. The van der Waals surface area contributed by atoms with Crippen LogP contribution in [0.25, 0.3) is 16.8 Å². The molecule has 1 amide bonds. The van der Waals surface area contributed by atoms with Crippen molar-refractivity contribution in [2.45, 2.75) is 57.4 Å². The van der Waals surface area contributed by atoms with Crippen LogP contribution in [0.4, 0.5) is 0 Å². The van der Waals surface area contributed by atoms with Gasteiger partial charge in [-0.1, -0.05) is 37.6 Å². The van der Waals surface area contributed by atoms with E-state index in [-0.39, 0.29) is 23.3 Å². The van der Waals surface area contributed by atoms with E-state index in [9.17, 15) is 14.7 Å². The summed E-state index contributed by atoms with van der Waals surface area (Å²) in [5.41, 5.74) is 16.5. The number of piperidine rings is 1. The SMILES string of the molecule is CCCC1CCCCN1C(=O)c1cccc(-c2cccc(-n3ncc(C(=O)O)c3C3CC3/C(N)=C/C=C\N)c2)c1. The van der Waals surface area contributed by atoms with E-state index in [2.05, 4.69) is 16.9 Å². The highest BCUT2D eigenvalue weighted by atomic mass is 16.4. The quantitative estimate of drug-likeness (QED) is 0.310. The summed E-state index contributed by atoms with van der Waals surface area (Å²) >= 11 is 0. The molecule has 1 saturated carbocycles. The van der Waals surface area contributed by atoms with Crippen LogP contribution in [-0.4, -0.2) is 44.3 Å². The Kier molecular flexibility index (Phi) is 8.05. The van der Waals surface area contributed by atoms with E-state index in [0.717, 1.165) is 55.5 Å². The van der Waals surface area contributed by atoms with Crippen LogP contribution in [0.15, 0.2) is 78.8 Å². The van der Waals surface area contributed by atoms with Gasteiger partial charge in [-0.05, 0) is 85.8 Å². The van der Waals surface area contributed by atoms with E-state index in [0.29, 0.717) is 23.0 Å². The summed E-state index contributed by atoms with van der Waals surface area (Å²) in [6.45, 7) is 2.98. The Hall–Kier alpha value is -4.33. The summed E-state index contributed by atoms with van der Waals surface area (Å²) in [7, 11) is 0. The van der Waals surface area contributed by atoms with Gasteiger partial charge in [-0.25, -0.2) is 9.48 Å². The van der Waals surface area contributed by atoms with Crippen molar-refractivity contribution in [2.75, 3.05) is 6.54 Å². The van der Waals surface area contributed by atoms with E-state index in [1.165, 1.54) is 18.8 Å². The van der Waals surface area contributed by atoms with Crippen molar-refractivity contribution >= 4 is 11.9 Å². The van der Waals surface area contributed by atoms with Crippen LogP contribution >= 0.6 is 0 Å². The topological polar surface area (TPSA) is 127 Å². The first kappa shape index (κ1) is 27.2. The molecule has 5 rings (SSSR count). The number of likely N-dealkylation sites (tertiary alicyclic amines) is 1. The average molecular weight is 540 g/mol. The predicted molar refractivity (Wildman–Crippen MR) is 156 cm³/mol. The molecule has 0 bridgehead atoms. The van der Waals surface area contributed by atoms with Gasteiger partial charge in [0.15, 0.2) is 0 Å². The molecule has 0 radical (unpaired) electrons. The minimum atomic E-state index is -1.02. The van der Waals surface area contributed by atoms with Gasteiger partial charge in [-0.15, -0.1) is 0 Å². The Bertz CT molecular complexity index is 1450. The van der Waals surface area contributed by atoms with Crippen molar-refractivity contribution in [1.29, 1.82) is 0 Å². The number of carboxylic acids is 1. The summed E-state index contributed by atoms with van der Waals surface area (Å²) in [6, 6.07) is 15.9. The molecule has 40 heavy (non-hydrogen) atoms. The number of nitrogens with zero attached hydrogens (tertiary/aromatic N) is 3. The number of aromatic carboxylic acids is 1. The summed E-state index contributed by atoms with van der Waals surface area (Å²) < 4.78 is 1.71. The lowest BCUT2D eigenvalue weighted by molar-refractivity contribution is 0.0600. The van der Waals surface area contributed by atoms with Gasteiger partial charge < -0.3 is 21.5 Å². The molecule has 3 atom stereocenters. The summed E-state index contributed by atoms with van der Waals surface area (Å²) in [5, 5.41) is 14.4. The predicted octanol–water partition coefficient (Wildman–Crippen LogP) is 5.45. The summed E-state index contributed by atoms with van der Waals surface area (Å²) in [6.07, 6.45) is 12.4. The lowest BCUT2D eigenvalue weighted by Crippen LogP contribution is -2.43. The second-order valence-electron chi connectivity index (χ2n) is 10.7. The molecule has 1 aromatic heterocycles. The Labute approximate surface area is 235 Å². The molecule has 2 fully saturated rings. The molecule has 2 aromatic carbocycles. The Morgan fingerprint density at radius 2 is 1.90 bits per heavy atom. The van der Waals surface area contributed by atoms with Crippen LogP contribution in [-0.2, 0) is 0 Å². The van der Waals surface area contributed by atoms with Crippen molar-refractivity contribution in [3.05, 3.63) is 95.6 Å². The maximum atomic E-state index is 13.5. The molecule has 0 spiro atoms. The highest BCUT2D eigenvalue weighted by Gasteiger charge is 2.44. The van der Waals surface area contributed by atoms with E-state index in [1.807, 2.05) is 48.5 Å². The van der Waals surface area contributed by atoms with E-state index in [1.54, 1.807) is 16.8 Å². The minimum Gasteiger partial charge on any atom is -0.478 e. The van der Waals surface area contributed by atoms with Crippen LogP contribution in [0.3, 0.4) is 0 Å². The number of carbonyl (C=O) groups is 2. The van der Waals surface area contributed by atoms with E-state index in [4.69, 9.17) is 11.5 Å². The fourth-order valence-corrected chi connectivity index (χ4v) is 5.96. The number of benzene rings is 2. The van der Waals surface area contributed by atoms with Crippen LogP contribution < -0.4 is 11.5 Å². The van der Waals surface area contributed by atoms with Crippen molar-refractivity contribution in [3.8, 4) is 16.8 Å². The lowest BCUT2D eigenvalue weighted by atomic mass is 9.96. The molecule has 208 valence electrons.